The lowest BCUT2D eigenvalue weighted by atomic mass is 9.99. The van der Waals surface area contributed by atoms with Crippen molar-refractivity contribution >= 4 is 15.6 Å². The molecule has 11 heteroatoms. The average Bonchev–Trinajstić information content (AvgIpc) is 3.34. The number of aryl methyl sites for hydroxylation is 1. The van der Waals surface area contributed by atoms with Gasteiger partial charge in [-0.2, -0.15) is 0 Å². The van der Waals surface area contributed by atoms with E-state index in [1.807, 2.05) is 30.3 Å². The van der Waals surface area contributed by atoms with Gasteiger partial charge in [-0.1, -0.05) is 30.3 Å². The van der Waals surface area contributed by atoms with E-state index >= 15 is 0 Å². The fourth-order valence-electron chi connectivity index (χ4n) is 4.80. The molecule has 0 unspecified atom stereocenters. The molecule has 3 heterocycles. The molecular formula is C30H30FN3O6S. The Bertz CT molecular complexity index is 1660. The van der Waals surface area contributed by atoms with Gasteiger partial charge < -0.3 is 13.9 Å². The highest BCUT2D eigenvalue weighted by atomic mass is 32.2. The quantitative estimate of drug-likeness (QED) is 0.240. The van der Waals surface area contributed by atoms with Crippen molar-refractivity contribution in [3.8, 4) is 28.6 Å². The largest absolute Gasteiger partial charge is 0.474 e. The van der Waals surface area contributed by atoms with Crippen molar-refractivity contribution in [2.24, 2.45) is 0 Å². The summed E-state index contributed by atoms with van der Waals surface area (Å²) in [7, 11) is -3.55. The summed E-state index contributed by atoms with van der Waals surface area (Å²) >= 11 is 0. The maximum atomic E-state index is 14.5. The Hall–Kier alpha value is -4.09. The third kappa shape index (κ3) is 6.47. The number of ether oxygens (including phenoxy) is 2. The Morgan fingerprint density at radius 2 is 1.78 bits per heavy atom. The van der Waals surface area contributed by atoms with Gasteiger partial charge in [0.1, 0.15) is 18.2 Å². The van der Waals surface area contributed by atoms with Gasteiger partial charge >= 0.3 is 0 Å². The van der Waals surface area contributed by atoms with Gasteiger partial charge in [0.15, 0.2) is 27.2 Å². The third-order valence-electron chi connectivity index (χ3n) is 7.05. The topological polar surface area (TPSA) is 112 Å². The van der Waals surface area contributed by atoms with Crippen LogP contribution < -0.4 is 9.47 Å². The standard InChI is InChI=1S/C30H30FN3O6S/c1-19-29(32-18-33-30(19)40-27-10-9-23(15-25(27)31)41(3,36)37)39-22-11-13-34(14-12-22)16-26(35)28-20(2)38-17-24(28)21-7-5-4-6-8-21/h4-10,15,17-18,22H,11-14,16H2,1-3H3. The molecule has 0 aliphatic carbocycles. The number of nitrogens with zero attached hydrogens (tertiary/aromatic N) is 3. The summed E-state index contributed by atoms with van der Waals surface area (Å²) in [5.74, 6) is 0.0615. The van der Waals surface area contributed by atoms with Crippen LogP contribution in [-0.4, -0.2) is 61.1 Å². The molecule has 5 rings (SSSR count). The number of carbonyl (C=O) groups is 1. The van der Waals surface area contributed by atoms with Gasteiger partial charge in [-0.3, -0.25) is 9.69 Å². The number of ketones is 1. The van der Waals surface area contributed by atoms with E-state index in [-0.39, 0.29) is 35.0 Å². The zero-order valence-electron chi connectivity index (χ0n) is 23.0. The minimum atomic E-state index is -3.55. The molecule has 1 fully saturated rings. The van der Waals surface area contributed by atoms with Gasteiger partial charge in [0.25, 0.3) is 0 Å². The van der Waals surface area contributed by atoms with Crippen LogP contribution in [0.2, 0.25) is 0 Å². The van der Waals surface area contributed by atoms with Crippen LogP contribution in [0.25, 0.3) is 11.1 Å². The SMILES string of the molecule is Cc1occ(-c2ccccc2)c1C(=O)CN1CCC(Oc2ncnc(Oc3ccc(S(C)(=O)=O)cc3F)c2C)CC1. The predicted octanol–water partition coefficient (Wildman–Crippen LogP) is 5.41. The number of furan rings is 1. The zero-order chi connectivity index (χ0) is 29.1. The summed E-state index contributed by atoms with van der Waals surface area (Å²) < 4.78 is 55.3. The first-order valence-corrected chi connectivity index (χ1v) is 15.0. The molecule has 0 saturated carbocycles. The molecule has 0 amide bonds. The lowest BCUT2D eigenvalue weighted by molar-refractivity contribution is 0.0773. The average molecular weight is 580 g/mol. The Kier molecular flexibility index (Phi) is 8.18. The molecule has 0 N–H and O–H groups in total. The predicted molar refractivity (Wildman–Crippen MR) is 150 cm³/mol. The molecule has 1 aliphatic heterocycles. The summed E-state index contributed by atoms with van der Waals surface area (Å²) in [5, 5.41) is 0. The van der Waals surface area contributed by atoms with Gasteiger partial charge in [0.05, 0.1) is 28.8 Å². The first-order chi connectivity index (χ1) is 19.6. The van der Waals surface area contributed by atoms with Gasteiger partial charge in [0, 0.05) is 24.9 Å². The van der Waals surface area contributed by atoms with Crippen molar-refractivity contribution in [2.75, 3.05) is 25.9 Å². The van der Waals surface area contributed by atoms with E-state index in [4.69, 9.17) is 13.9 Å². The number of benzene rings is 2. The summed E-state index contributed by atoms with van der Waals surface area (Å²) in [6.07, 6.45) is 5.15. The number of piperidine rings is 1. The number of likely N-dealkylation sites (tertiary alicyclic amines) is 1. The van der Waals surface area contributed by atoms with E-state index in [0.717, 1.165) is 23.4 Å². The lowest BCUT2D eigenvalue weighted by Gasteiger charge is -2.31. The van der Waals surface area contributed by atoms with Gasteiger partial charge in [-0.15, -0.1) is 0 Å². The summed E-state index contributed by atoms with van der Waals surface area (Å²) in [5.41, 5.74) is 2.84. The molecule has 2 aromatic heterocycles. The number of aromatic nitrogens is 2. The number of rotatable bonds is 9. The van der Waals surface area contributed by atoms with Crippen LogP contribution in [0.15, 0.2) is 70.4 Å². The Morgan fingerprint density at radius 3 is 2.46 bits per heavy atom. The van der Waals surface area contributed by atoms with Crippen molar-refractivity contribution in [1.82, 2.24) is 14.9 Å². The van der Waals surface area contributed by atoms with Crippen molar-refractivity contribution in [2.45, 2.75) is 37.7 Å². The highest BCUT2D eigenvalue weighted by Gasteiger charge is 2.27. The molecule has 41 heavy (non-hydrogen) atoms. The van der Waals surface area contributed by atoms with Crippen molar-refractivity contribution < 1.29 is 31.5 Å². The molecule has 0 atom stereocenters. The number of carbonyl (C=O) groups excluding carboxylic acids is 1. The van der Waals surface area contributed by atoms with Crippen molar-refractivity contribution in [3.63, 3.8) is 0 Å². The first-order valence-electron chi connectivity index (χ1n) is 13.1. The smallest absolute Gasteiger partial charge is 0.229 e. The molecule has 214 valence electrons. The van der Waals surface area contributed by atoms with Crippen LogP contribution in [0, 0.1) is 19.7 Å². The minimum Gasteiger partial charge on any atom is -0.474 e. The van der Waals surface area contributed by atoms with E-state index in [2.05, 4.69) is 14.9 Å². The third-order valence-corrected chi connectivity index (χ3v) is 8.16. The first kappa shape index (κ1) is 28.4. The summed E-state index contributed by atoms with van der Waals surface area (Å²) in [6.45, 7) is 5.12. The molecular weight excluding hydrogens is 549 g/mol. The fraction of sp³-hybridized carbons (Fsp3) is 0.300. The molecule has 2 aromatic carbocycles. The number of sulfone groups is 1. The number of hydrogen-bond acceptors (Lipinski definition) is 9. The van der Waals surface area contributed by atoms with E-state index in [1.165, 1.54) is 18.5 Å². The van der Waals surface area contributed by atoms with Crippen LogP contribution in [0.5, 0.6) is 17.5 Å². The van der Waals surface area contributed by atoms with Crippen LogP contribution in [-0.2, 0) is 9.84 Å². The minimum absolute atomic E-state index is 0.0136. The highest BCUT2D eigenvalue weighted by Crippen LogP contribution is 2.32. The van der Waals surface area contributed by atoms with E-state index in [0.29, 0.717) is 48.7 Å². The van der Waals surface area contributed by atoms with Crippen molar-refractivity contribution in [1.29, 1.82) is 0 Å². The summed E-state index contributed by atoms with van der Waals surface area (Å²) in [4.78, 5) is 23.5. The number of Topliss-reactive ketones (excluding diaryl/α,β-unsaturated/α-hetero) is 1. The Balaban J connectivity index is 1.20. The Labute approximate surface area is 237 Å². The second-order valence-electron chi connectivity index (χ2n) is 10.0. The van der Waals surface area contributed by atoms with Crippen LogP contribution >= 0.6 is 0 Å². The second-order valence-corrected chi connectivity index (χ2v) is 12.1. The molecule has 1 aliphatic rings. The highest BCUT2D eigenvalue weighted by molar-refractivity contribution is 7.90. The lowest BCUT2D eigenvalue weighted by Crippen LogP contribution is -2.41. The van der Waals surface area contributed by atoms with E-state index in [1.54, 1.807) is 20.1 Å². The maximum absolute atomic E-state index is 14.5. The fourth-order valence-corrected chi connectivity index (χ4v) is 5.43. The van der Waals surface area contributed by atoms with Crippen LogP contribution in [0.4, 0.5) is 4.39 Å². The van der Waals surface area contributed by atoms with Crippen molar-refractivity contribution in [3.05, 3.63) is 83.8 Å². The monoisotopic (exact) mass is 579 g/mol. The number of hydrogen-bond donors (Lipinski definition) is 0. The van der Waals surface area contributed by atoms with Gasteiger partial charge in [-0.05, 0) is 50.5 Å². The second kappa shape index (κ2) is 11.8. The molecule has 0 bridgehead atoms. The molecule has 0 spiro atoms. The maximum Gasteiger partial charge on any atom is 0.229 e. The molecule has 9 nitrogen and oxygen atoms in total. The van der Waals surface area contributed by atoms with Gasteiger partial charge in [-0.25, -0.2) is 22.8 Å². The van der Waals surface area contributed by atoms with Gasteiger partial charge in [0.2, 0.25) is 11.8 Å². The Morgan fingerprint density at radius 1 is 1.07 bits per heavy atom. The van der Waals surface area contributed by atoms with Crippen LogP contribution in [0.1, 0.15) is 34.5 Å². The van der Waals surface area contributed by atoms with E-state index in [9.17, 15) is 17.6 Å². The van der Waals surface area contributed by atoms with E-state index < -0.39 is 15.7 Å². The molecule has 4 aromatic rings. The zero-order valence-corrected chi connectivity index (χ0v) is 23.8. The number of halogens is 1. The van der Waals surface area contributed by atoms with Crippen LogP contribution in [0.3, 0.4) is 0 Å². The molecule has 0 radical (unpaired) electrons. The summed E-state index contributed by atoms with van der Waals surface area (Å²) in [6, 6.07) is 13.1. The molecule has 1 saturated heterocycles. The normalized spacial score (nSPS) is 14.6.